The van der Waals surface area contributed by atoms with Crippen LogP contribution < -0.4 is 0 Å². The molecule has 0 spiro atoms. The minimum Gasteiger partial charge on any atom is -0.476 e. The Morgan fingerprint density at radius 3 is 2.59 bits per heavy atom. The molecule has 0 saturated heterocycles. The average molecular weight is 302 g/mol. The van der Waals surface area contributed by atoms with Gasteiger partial charge in [-0.05, 0) is 24.3 Å². The van der Waals surface area contributed by atoms with Crippen LogP contribution in [0.2, 0.25) is 0 Å². The molecule has 1 N–H and O–H groups in total. The second kappa shape index (κ2) is 5.32. The van der Waals surface area contributed by atoms with Gasteiger partial charge in [0.05, 0.1) is 11.4 Å². The summed E-state index contributed by atoms with van der Waals surface area (Å²) in [6, 6.07) is 8.00. The van der Waals surface area contributed by atoms with E-state index in [9.17, 15) is 18.7 Å². The molecule has 1 aromatic carbocycles. The molecule has 0 aliphatic rings. The predicted octanol–water partition coefficient (Wildman–Crippen LogP) is 2.31. The van der Waals surface area contributed by atoms with Gasteiger partial charge in [-0.1, -0.05) is 11.3 Å². The van der Waals surface area contributed by atoms with Gasteiger partial charge in [0, 0.05) is 12.3 Å². The zero-order chi connectivity index (χ0) is 15.7. The second-order valence-corrected chi connectivity index (χ2v) is 4.32. The Morgan fingerprint density at radius 1 is 1.14 bits per heavy atom. The molecule has 0 amide bonds. The van der Waals surface area contributed by atoms with Crippen LogP contribution in [0.25, 0.3) is 17.1 Å². The van der Waals surface area contributed by atoms with E-state index in [2.05, 4.69) is 15.3 Å². The standard InChI is InChI=1S/C14H8F2N4O2/c15-9-5-4-8(7-10(9)16)20-13(11-3-1-2-6-17-11)12(14(21)22)18-19-20/h1-7H,(H,21,22). The van der Waals surface area contributed by atoms with Gasteiger partial charge in [-0.15, -0.1) is 5.10 Å². The van der Waals surface area contributed by atoms with Crippen molar-refractivity contribution in [2.45, 2.75) is 0 Å². The van der Waals surface area contributed by atoms with Crippen LogP contribution in [0.5, 0.6) is 0 Å². The molecule has 22 heavy (non-hydrogen) atoms. The zero-order valence-corrected chi connectivity index (χ0v) is 10.9. The van der Waals surface area contributed by atoms with Crippen LogP contribution in [-0.4, -0.2) is 31.1 Å². The lowest BCUT2D eigenvalue weighted by Gasteiger charge is -2.07. The van der Waals surface area contributed by atoms with Gasteiger partial charge in [-0.2, -0.15) is 0 Å². The molecule has 2 aromatic heterocycles. The number of aromatic carboxylic acids is 1. The van der Waals surface area contributed by atoms with Crippen molar-refractivity contribution in [2.75, 3.05) is 0 Å². The lowest BCUT2D eigenvalue weighted by molar-refractivity contribution is 0.0691. The zero-order valence-electron chi connectivity index (χ0n) is 10.9. The summed E-state index contributed by atoms with van der Waals surface area (Å²) < 4.78 is 27.5. The molecule has 2 heterocycles. The van der Waals surface area contributed by atoms with E-state index in [0.29, 0.717) is 5.69 Å². The molecule has 0 atom stereocenters. The summed E-state index contributed by atoms with van der Waals surface area (Å²) in [6.45, 7) is 0. The van der Waals surface area contributed by atoms with Gasteiger partial charge in [0.25, 0.3) is 0 Å². The van der Waals surface area contributed by atoms with Gasteiger partial charge >= 0.3 is 5.97 Å². The van der Waals surface area contributed by atoms with Crippen LogP contribution >= 0.6 is 0 Å². The summed E-state index contributed by atoms with van der Waals surface area (Å²) in [4.78, 5) is 15.3. The van der Waals surface area contributed by atoms with Crippen molar-refractivity contribution in [1.82, 2.24) is 20.0 Å². The molecule has 0 fully saturated rings. The lowest BCUT2D eigenvalue weighted by atomic mass is 10.2. The van der Waals surface area contributed by atoms with Crippen molar-refractivity contribution < 1.29 is 18.7 Å². The summed E-state index contributed by atoms with van der Waals surface area (Å²) in [5.41, 5.74) is 0.191. The Hall–Kier alpha value is -3.16. The molecule has 0 aliphatic carbocycles. The third-order valence-corrected chi connectivity index (χ3v) is 2.93. The Morgan fingerprint density at radius 2 is 1.95 bits per heavy atom. The fraction of sp³-hybridized carbons (Fsp3) is 0. The molecule has 6 nitrogen and oxygen atoms in total. The average Bonchev–Trinajstić information content (AvgIpc) is 2.96. The first-order valence-corrected chi connectivity index (χ1v) is 6.14. The summed E-state index contributed by atoms with van der Waals surface area (Å²) in [7, 11) is 0. The molecule has 3 rings (SSSR count). The van der Waals surface area contributed by atoms with Gasteiger partial charge in [0.2, 0.25) is 0 Å². The third kappa shape index (κ3) is 2.30. The van der Waals surface area contributed by atoms with E-state index in [1.165, 1.54) is 12.3 Å². The molecular weight excluding hydrogens is 294 g/mol. The van der Waals surface area contributed by atoms with Crippen molar-refractivity contribution in [3.8, 4) is 17.1 Å². The van der Waals surface area contributed by atoms with Gasteiger partial charge in [0.1, 0.15) is 5.69 Å². The highest BCUT2D eigenvalue weighted by atomic mass is 19.2. The van der Waals surface area contributed by atoms with Gasteiger partial charge in [-0.3, -0.25) is 4.98 Å². The van der Waals surface area contributed by atoms with E-state index in [1.807, 2.05) is 0 Å². The van der Waals surface area contributed by atoms with E-state index in [4.69, 9.17) is 0 Å². The number of carboxylic acids is 1. The first kappa shape index (κ1) is 13.8. The maximum absolute atomic E-state index is 13.4. The van der Waals surface area contributed by atoms with Crippen molar-refractivity contribution in [1.29, 1.82) is 0 Å². The molecule has 0 saturated carbocycles. The summed E-state index contributed by atoms with van der Waals surface area (Å²) in [6.07, 6.45) is 1.48. The van der Waals surface area contributed by atoms with Crippen molar-refractivity contribution >= 4 is 5.97 Å². The summed E-state index contributed by atoms with van der Waals surface area (Å²) in [5.74, 6) is -3.38. The number of hydrogen-bond donors (Lipinski definition) is 1. The Bertz CT molecular complexity index is 849. The summed E-state index contributed by atoms with van der Waals surface area (Å²) >= 11 is 0. The second-order valence-electron chi connectivity index (χ2n) is 4.32. The van der Waals surface area contributed by atoms with Gasteiger partial charge < -0.3 is 5.11 Å². The Balaban J connectivity index is 2.24. The van der Waals surface area contributed by atoms with Crippen LogP contribution in [0, 0.1) is 11.6 Å². The Labute approximate surface area is 122 Å². The molecule has 3 aromatic rings. The van der Waals surface area contributed by atoms with Crippen molar-refractivity contribution in [3.05, 3.63) is 59.9 Å². The third-order valence-electron chi connectivity index (χ3n) is 2.93. The first-order chi connectivity index (χ1) is 10.6. The van der Waals surface area contributed by atoms with E-state index in [-0.39, 0.29) is 17.1 Å². The van der Waals surface area contributed by atoms with Crippen LogP contribution in [-0.2, 0) is 0 Å². The number of halogens is 2. The van der Waals surface area contributed by atoms with Crippen LogP contribution in [0.1, 0.15) is 10.5 Å². The fourth-order valence-electron chi connectivity index (χ4n) is 1.96. The maximum atomic E-state index is 13.4. The van der Waals surface area contributed by atoms with Crippen molar-refractivity contribution in [3.63, 3.8) is 0 Å². The van der Waals surface area contributed by atoms with E-state index in [1.54, 1.807) is 18.2 Å². The monoisotopic (exact) mass is 302 g/mol. The number of pyridine rings is 1. The number of rotatable bonds is 3. The topological polar surface area (TPSA) is 80.9 Å². The van der Waals surface area contributed by atoms with E-state index >= 15 is 0 Å². The highest BCUT2D eigenvalue weighted by molar-refractivity contribution is 5.92. The number of carbonyl (C=O) groups is 1. The predicted molar refractivity (Wildman–Crippen MR) is 71.5 cm³/mol. The highest BCUT2D eigenvalue weighted by Gasteiger charge is 2.22. The van der Waals surface area contributed by atoms with Crippen LogP contribution in [0.3, 0.4) is 0 Å². The van der Waals surface area contributed by atoms with Crippen LogP contribution in [0.15, 0.2) is 42.6 Å². The molecule has 8 heteroatoms. The van der Waals surface area contributed by atoms with E-state index < -0.39 is 17.6 Å². The first-order valence-electron chi connectivity index (χ1n) is 6.14. The number of carboxylic acid groups (broad SMARTS) is 1. The molecule has 0 bridgehead atoms. The highest BCUT2D eigenvalue weighted by Crippen LogP contribution is 2.24. The number of benzene rings is 1. The number of aromatic nitrogens is 4. The number of nitrogens with zero attached hydrogens (tertiary/aromatic N) is 4. The van der Waals surface area contributed by atoms with Crippen LogP contribution in [0.4, 0.5) is 8.78 Å². The lowest BCUT2D eigenvalue weighted by Crippen LogP contribution is -2.04. The van der Waals surface area contributed by atoms with E-state index in [0.717, 1.165) is 16.8 Å². The normalized spacial score (nSPS) is 10.6. The molecule has 0 aliphatic heterocycles. The summed E-state index contributed by atoms with van der Waals surface area (Å²) in [5, 5.41) is 16.5. The molecule has 110 valence electrons. The maximum Gasteiger partial charge on any atom is 0.358 e. The molecule has 0 radical (unpaired) electrons. The fourth-order valence-corrected chi connectivity index (χ4v) is 1.96. The smallest absolute Gasteiger partial charge is 0.358 e. The molecule has 0 unspecified atom stereocenters. The Kier molecular flexibility index (Phi) is 3.34. The minimum absolute atomic E-state index is 0.0825. The minimum atomic E-state index is -1.30. The van der Waals surface area contributed by atoms with Gasteiger partial charge in [0.15, 0.2) is 17.3 Å². The van der Waals surface area contributed by atoms with Crippen molar-refractivity contribution in [2.24, 2.45) is 0 Å². The number of hydrogen-bond acceptors (Lipinski definition) is 4. The van der Waals surface area contributed by atoms with Gasteiger partial charge in [-0.25, -0.2) is 18.3 Å². The largest absolute Gasteiger partial charge is 0.476 e. The molecular formula is C14H8F2N4O2. The SMILES string of the molecule is O=C(O)c1nnn(-c2ccc(F)c(F)c2)c1-c1ccccn1. The quantitative estimate of drug-likeness (QED) is 0.803.